The first-order valence-electron chi connectivity index (χ1n) is 9.21. The first-order chi connectivity index (χ1) is 12.8. The number of aliphatic hydroxyl groups excluding tert-OH is 1. The lowest BCUT2D eigenvalue weighted by Gasteiger charge is -2.16. The van der Waals surface area contributed by atoms with E-state index in [1.807, 2.05) is 19.1 Å². The van der Waals surface area contributed by atoms with Gasteiger partial charge in [-0.2, -0.15) is 0 Å². The molecule has 1 aromatic carbocycles. The molecule has 1 unspecified atom stereocenters. The number of aromatic nitrogens is 1. The molecule has 0 aliphatic heterocycles. The van der Waals surface area contributed by atoms with Gasteiger partial charge in [-0.3, -0.25) is 0 Å². The van der Waals surface area contributed by atoms with Gasteiger partial charge in [-0.1, -0.05) is 18.2 Å². The van der Waals surface area contributed by atoms with E-state index in [1.54, 1.807) is 19.1 Å². The molecule has 146 valence electrons. The number of allylic oxidation sites excluding steroid dienone is 4. The molecule has 1 N–H and O–H groups in total. The summed E-state index contributed by atoms with van der Waals surface area (Å²) in [6, 6.07) is 3.40. The molecule has 1 aromatic heterocycles. The third-order valence-corrected chi connectivity index (χ3v) is 6.50. The van der Waals surface area contributed by atoms with Gasteiger partial charge in [0.25, 0.3) is 0 Å². The Morgan fingerprint density at radius 2 is 2.11 bits per heavy atom. The van der Waals surface area contributed by atoms with Crippen LogP contribution in [0.3, 0.4) is 0 Å². The zero-order valence-electron chi connectivity index (χ0n) is 16.0. The lowest BCUT2D eigenvalue weighted by atomic mass is 10.0. The van der Waals surface area contributed by atoms with Crippen molar-refractivity contribution in [2.24, 2.45) is 0 Å². The molecule has 1 atom stereocenters. The Morgan fingerprint density at radius 1 is 1.37 bits per heavy atom. The summed E-state index contributed by atoms with van der Waals surface area (Å²) in [6.07, 6.45) is 9.43. The standard InChI is InChI=1S/C21H26ClNO3S/c1-4-15(7-6-10-22)13-23-20-9-5-8-17(20)19-12-16(27(3,25)26)11-18(14(2)24)21(19)23/h4,6-7,11-12,14,24H,5,8-10,13H2,1-3H3/b7-6-,15-4+. The predicted octanol–water partition coefficient (Wildman–Crippen LogP) is 4.33. The number of aryl methyl sites for hydroxylation is 1. The Bertz CT molecular complexity index is 1030. The van der Waals surface area contributed by atoms with Crippen LogP contribution in [-0.2, 0) is 29.2 Å². The van der Waals surface area contributed by atoms with E-state index in [4.69, 9.17) is 11.6 Å². The van der Waals surface area contributed by atoms with Crippen molar-refractivity contribution in [1.82, 2.24) is 4.57 Å². The van der Waals surface area contributed by atoms with Crippen LogP contribution in [-0.4, -0.2) is 30.2 Å². The number of sulfone groups is 1. The molecule has 0 spiro atoms. The van der Waals surface area contributed by atoms with Gasteiger partial charge in [-0.25, -0.2) is 8.42 Å². The van der Waals surface area contributed by atoms with Crippen molar-refractivity contribution in [2.45, 2.75) is 50.7 Å². The molecule has 1 aliphatic rings. The molecular formula is C21H26ClNO3S. The van der Waals surface area contributed by atoms with E-state index in [-0.39, 0.29) is 4.90 Å². The monoisotopic (exact) mass is 407 g/mol. The van der Waals surface area contributed by atoms with E-state index >= 15 is 0 Å². The van der Waals surface area contributed by atoms with Crippen molar-refractivity contribution < 1.29 is 13.5 Å². The third-order valence-electron chi connectivity index (χ3n) is 5.23. The minimum atomic E-state index is -3.36. The van der Waals surface area contributed by atoms with Gasteiger partial charge < -0.3 is 9.67 Å². The molecule has 6 heteroatoms. The zero-order chi connectivity index (χ0) is 19.8. The molecule has 0 amide bonds. The molecule has 2 aromatic rings. The van der Waals surface area contributed by atoms with Crippen LogP contribution in [0, 0.1) is 0 Å². The number of rotatable bonds is 6. The van der Waals surface area contributed by atoms with E-state index < -0.39 is 15.9 Å². The van der Waals surface area contributed by atoms with Gasteiger partial charge in [0.1, 0.15) is 0 Å². The number of nitrogens with zero attached hydrogens (tertiary/aromatic N) is 1. The molecule has 0 saturated heterocycles. The maximum absolute atomic E-state index is 12.2. The molecule has 3 rings (SSSR count). The largest absolute Gasteiger partial charge is 0.389 e. The second kappa shape index (κ2) is 7.82. The highest BCUT2D eigenvalue weighted by atomic mass is 35.5. The van der Waals surface area contributed by atoms with E-state index in [1.165, 1.54) is 17.5 Å². The molecule has 1 aliphatic carbocycles. The lowest BCUT2D eigenvalue weighted by Crippen LogP contribution is -2.08. The van der Waals surface area contributed by atoms with Gasteiger partial charge in [0.2, 0.25) is 0 Å². The summed E-state index contributed by atoms with van der Waals surface area (Å²) in [4.78, 5) is 0.269. The fourth-order valence-corrected chi connectivity index (χ4v) is 4.70. The molecule has 0 saturated carbocycles. The van der Waals surface area contributed by atoms with Crippen molar-refractivity contribution in [1.29, 1.82) is 0 Å². The molecule has 1 heterocycles. The number of benzene rings is 1. The van der Waals surface area contributed by atoms with E-state index in [2.05, 4.69) is 10.6 Å². The average molecular weight is 408 g/mol. The Balaban J connectivity index is 2.30. The zero-order valence-corrected chi connectivity index (χ0v) is 17.6. The second-order valence-corrected chi connectivity index (χ2v) is 9.47. The summed E-state index contributed by atoms with van der Waals surface area (Å²) in [5.74, 6) is 0.457. The maximum Gasteiger partial charge on any atom is 0.175 e. The summed E-state index contributed by atoms with van der Waals surface area (Å²) in [5.41, 5.74) is 5.20. The number of alkyl halides is 1. The highest BCUT2D eigenvalue weighted by molar-refractivity contribution is 7.90. The van der Waals surface area contributed by atoms with Crippen molar-refractivity contribution in [3.05, 3.63) is 52.8 Å². The first kappa shape index (κ1) is 20.2. The minimum Gasteiger partial charge on any atom is -0.389 e. The normalized spacial score (nSPS) is 16.4. The van der Waals surface area contributed by atoms with Crippen molar-refractivity contribution in [2.75, 3.05) is 12.1 Å². The topological polar surface area (TPSA) is 59.3 Å². The van der Waals surface area contributed by atoms with Crippen molar-refractivity contribution >= 4 is 32.3 Å². The van der Waals surface area contributed by atoms with Gasteiger partial charge in [0, 0.05) is 35.3 Å². The van der Waals surface area contributed by atoms with Gasteiger partial charge in [-0.05, 0) is 56.4 Å². The van der Waals surface area contributed by atoms with Crippen LogP contribution < -0.4 is 0 Å². The quantitative estimate of drug-likeness (QED) is 0.572. The summed E-state index contributed by atoms with van der Waals surface area (Å²) in [6.45, 7) is 4.36. The number of hydrogen-bond acceptors (Lipinski definition) is 3. The number of hydrogen-bond donors (Lipinski definition) is 1. The van der Waals surface area contributed by atoms with Crippen LogP contribution in [0.1, 0.15) is 43.2 Å². The second-order valence-electron chi connectivity index (χ2n) is 7.14. The number of halogens is 1. The van der Waals surface area contributed by atoms with Crippen LogP contribution in [0.4, 0.5) is 0 Å². The van der Waals surface area contributed by atoms with Crippen LogP contribution >= 0.6 is 11.6 Å². The first-order valence-corrected chi connectivity index (χ1v) is 11.6. The highest BCUT2D eigenvalue weighted by Crippen LogP contribution is 2.38. The number of aliphatic hydroxyl groups is 1. The smallest absolute Gasteiger partial charge is 0.175 e. The van der Waals surface area contributed by atoms with Gasteiger partial charge in [-0.15, -0.1) is 11.6 Å². The van der Waals surface area contributed by atoms with Crippen LogP contribution in [0.15, 0.2) is 40.8 Å². The molecule has 27 heavy (non-hydrogen) atoms. The van der Waals surface area contributed by atoms with Crippen LogP contribution in [0.2, 0.25) is 0 Å². The summed E-state index contributed by atoms with van der Waals surface area (Å²) < 4.78 is 26.6. The third kappa shape index (κ3) is 3.86. The average Bonchev–Trinajstić information content (AvgIpc) is 3.19. The lowest BCUT2D eigenvalue weighted by molar-refractivity contribution is 0.200. The maximum atomic E-state index is 12.2. The summed E-state index contributed by atoms with van der Waals surface area (Å²) in [5, 5.41) is 11.4. The SMILES string of the molecule is C/C=C(\C=C/CCl)Cn1c2c(c3cc(S(C)(=O)=O)cc(C(C)O)c31)CCC2. The van der Waals surface area contributed by atoms with Gasteiger partial charge in [0.05, 0.1) is 16.5 Å². The summed E-state index contributed by atoms with van der Waals surface area (Å²) >= 11 is 5.79. The van der Waals surface area contributed by atoms with Crippen LogP contribution in [0.25, 0.3) is 10.9 Å². The molecule has 4 nitrogen and oxygen atoms in total. The van der Waals surface area contributed by atoms with Gasteiger partial charge >= 0.3 is 0 Å². The Hall–Kier alpha value is -1.56. The fraction of sp³-hybridized carbons (Fsp3) is 0.429. The van der Waals surface area contributed by atoms with Crippen LogP contribution in [0.5, 0.6) is 0 Å². The minimum absolute atomic E-state index is 0.269. The van der Waals surface area contributed by atoms with Crippen molar-refractivity contribution in [3.63, 3.8) is 0 Å². The molecular weight excluding hydrogens is 382 g/mol. The molecule has 0 bridgehead atoms. The fourth-order valence-electron chi connectivity index (χ4n) is 3.94. The van der Waals surface area contributed by atoms with Crippen molar-refractivity contribution in [3.8, 4) is 0 Å². The van der Waals surface area contributed by atoms with E-state index in [9.17, 15) is 13.5 Å². The number of fused-ring (bicyclic) bond motifs is 3. The Kier molecular flexibility index (Phi) is 5.84. The Morgan fingerprint density at radius 3 is 2.70 bits per heavy atom. The summed E-state index contributed by atoms with van der Waals surface area (Å²) in [7, 11) is -3.36. The Labute approximate surface area is 166 Å². The van der Waals surface area contributed by atoms with E-state index in [0.717, 1.165) is 35.7 Å². The predicted molar refractivity (Wildman–Crippen MR) is 111 cm³/mol. The molecule has 0 fully saturated rings. The van der Waals surface area contributed by atoms with Gasteiger partial charge in [0.15, 0.2) is 9.84 Å². The van der Waals surface area contributed by atoms with E-state index in [0.29, 0.717) is 18.0 Å². The highest BCUT2D eigenvalue weighted by Gasteiger charge is 2.26. The molecule has 0 radical (unpaired) electrons.